The molecule has 2 aromatic rings. The third-order valence-electron chi connectivity index (χ3n) is 2.47. The molecule has 1 N–H and O–H groups in total. The minimum Gasteiger partial charge on any atom is -0.278 e. The average Bonchev–Trinajstić information content (AvgIpc) is 2.37. The zero-order valence-electron chi connectivity index (χ0n) is 10.0. The van der Waals surface area contributed by atoms with E-state index in [1.165, 1.54) is 5.56 Å². The van der Waals surface area contributed by atoms with E-state index in [0.717, 1.165) is 17.0 Å². The van der Waals surface area contributed by atoms with Gasteiger partial charge in [-0.3, -0.25) is 10.4 Å². The van der Waals surface area contributed by atoms with Gasteiger partial charge in [-0.15, -0.1) is 0 Å². The molecular formula is C14H15N3. The van der Waals surface area contributed by atoms with Gasteiger partial charge in [-0.2, -0.15) is 5.10 Å². The molecule has 0 aliphatic rings. The minimum absolute atomic E-state index is 0.939. The SMILES string of the molecule is C/C(=N/Nc1cccc(C)c1)c1ccncc1. The summed E-state index contributed by atoms with van der Waals surface area (Å²) < 4.78 is 0. The van der Waals surface area contributed by atoms with Crippen molar-refractivity contribution in [3.05, 3.63) is 59.9 Å². The highest BCUT2D eigenvalue weighted by molar-refractivity contribution is 5.98. The lowest BCUT2D eigenvalue weighted by atomic mass is 10.2. The summed E-state index contributed by atoms with van der Waals surface area (Å²) in [5.41, 5.74) is 7.27. The van der Waals surface area contributed by atoms with E-state index >= 15 is 0 Å². The van der Waals surface area contributed by atoms with Gasteiger partial charge in [0.15, 0.2) is 0 Å². The van der Waals surface area contributed by atoms with Crippen molar-refractivity contribution in [1.82, 2.24) is 4.98 Å². The molecule has 0 aliphatic carbocycles. The molecule has 0 amide bonds. The second-order valence-corrected chi connectivity index (χ2v) is 3.91. The number of aryl methyl sites for hydroxylation is 1. The van der Waals surface area contributed by atoms with Crippen LogP contribution < -0.4 is 5.43 Å². The van der Waals surface area contributed by atoms with Crippen LogP contribution in [-0.4, -0.2) is 10.7 Å². The van der Waals surface area contributed by atoms with Crippen LogP contribution in [0.4, 0.5) is 5.69 Å². The van der Waals surface area contributed by atoms with Crippen LogP contribution in [0.15, 0.2) is 53.9 Å². The highest BCUT2D eigenvalue weighted by Gasteiger charge is 1.96. The number of benzene rings is 1. The Kier molecular flexibility index (Phi) is 3.50. The fourth-order valence-electron chi connectivity index (χ4n) is 1.52. The van der Waals surface area contributed by atoms with Gasteiger partial charge in [0.2, 0.25) is 0 Å². The number of hydrazone groups is 1. The summed E-state index contributed by atoms with van der Waals surface area (Å²) in [6, 6.07) is 12.0. The van der Waals surface area contributed by atoms with E-state index in [0.29, 0.717) is 0 Å². The van der Waals surface area contributed by atoms with Gasteiger partial charge in [0.25, 0.3) is 0 Å². The maximum Gasteiger partial charge on any atom is 0.0649 e. The van der Waals surface area contributed by atoms with E-state index < -0.39 is 0 Å². The van der Waals surface area contributed by atoms with E-state index in [2.05, 4.69) is 34.6 Å². The Balaban J connectivity index is 2.11. The molecule has 0 fully saturated rings. The molecule has 1 aromatic heterocycles. The first-order chi connectivity index (χ1) is 8.25. The largest absolute Gasteiger partial charge is 0.278 e. The Morgan fingerprint density at radius 2 is 1.94 bits per heavy atom. The first-order valence-corrected chi connectivity index (χ1v) is 5.53. The van der Waals surface area contributed by atoms with Crippen LogP contribution in [0.2, 0.25) is 0 Å². The number of nitrogens with one attached hydrogen (secondary N) is 1. The minimum atomic E-state index is 0.939. The van der Waals surface area contributed by atoms with Crippen molar-refractivity contribution in [2.75, 3.05) is 5.43 Å². The first kappa shape index (κ1) is 11.3. The molecule has 0 atom stereocenters. The summed E-state index contributed by atoms with van der Waals surface area (Å²) in [6.07, 6.45) is 3.53. The Labute approximate surface area is 101 Å². The van der Waals surface area contributed by atoms with E-state index in [1.54, 1.807) is 12.4 Å². The molecule has 0 spiro atoms. The third-order valence-corrected chi connectivity index (χ3v) is 2.47. The van der Waals surface area contributed by atoms with Crippen molar-refractivity contribution >= 4 is 11.4 Å². The molecule has 1 heterocycles. The summed E-state index contributed by atoms with van der Waals surface area (Å²) >= 11 is 0. The highest BCUT2D eigenvalue weighted by atomic mass is 15.3. The van der Waals surface area contributed by atoms with E-state index in [4.69, 9.17) is 0 Å². The lowest BCUT2D eigenvalue weighted by molar-refractivity contribution is 1.29. The molecule has 0 unspecified atom stereocenters. The quantitative estimate of drug-likeness (QED) is 0.643. The van der Waals surface area contributed by atoms with Crippen LogP contribution in [-0.2, 0) is 0 Å². The smallest absolute Gasteiger partial charge is 0.0649 e. The Morgan fingerprint density at radius 1 is 1.18 bits per heavy atom. The van der Waals surface area contributed by atoms with Crippen molar-refractivity contribution in [1.29, 1.82) is 0 Å². The second kappa shape index (κ2) is 5.25. The van der Waals surface area contributed by atoms with Crippen LogP contribution in [0.3, 0.4) is 0 Å². The van der Waals surface area contributed by atoms with Crippen molar-refractivity contribution in [2.24, 2.45) is 5.10 Å². The van der Waals surface area contributed by atoms with Gasteiger partial charge in [0.1, 0.15) is 0 Å². The number of hydrogen-bond acceptors (Lipinski definition) is 3. The lowest BCUT2D eigenvalue weighted by Crippen LogP contribution is -1.99. The third kappa shape index (κ3) is 3.14. The van der Waals surface area contributed by atoms with Crippen molar-refractivity contribution in [3.8, 4) is 0 Å². The fraction of sp³-hybridized carbons (Fsp3) is 0.143. The Bertz CT molecular complexity index is 518. The first-order valence-electron chi connectivity index (χ1n) is 5.53. The van der Waals surface area contributed by atoms with Crippen molar-refractivity contribution in [2.45, 2.75) is 13.8 Å². The number of anilines is 1. The summed E-state index contributed by atoms with van der Waals surface area (Å²) in [6.45, 7) is 4.03. The monoisotopic (exact) mass is 225 g/mol. The number of rotatable bonds is 3. The second-order valence-electron chi connectivity index (χ2n) is 3.91. The topological polar surface area (TPSA) is 37.3 Å². The van der Waals surface area contributed by atoms with E-state index in [9.17, 15) is 0 Å². The molecular weight excluding hydrogens is 210 g/mol. The predicted molar refractivity (Wildman–Crippen MR) is 71.2 cm³/mol. The van der Waals surface area contributed by atoms with E-state index in [1.807, 2.05) is 31.2 Å². The highest BCUT2D eigenvalue weighted by Crippen LogP contribution is 2.10. The zero-order valence-corrected chi connectivity index (χ0v) is 10.0. The Hall–Kier alpha value is -2.16. The number of nitrogens with zero attached hydrogens (tertiary/aromatic N) is 2. The fourth-order valence-corrected chi connectivity index (χ4v) is 1.52. The summed E-state index contributed by atoms with van der Waals surface area (Å²) in [4.78, 5) is 3.98. The Morgan fingerprint density at radius 3 is 2.65 bits per heavy atom. The van der Waals surface area contributed by atoms with Crippen molar-refractivity contribution in [3.63, 3.8) is 0 Å². The normalized spacial score (nSPS) is 11.3. The van der Waals surface area contributed by atoms with Gasteiger partial charge in [-0.05, 0) is 43.7 Å². The lowest BCUT2D eigenvalue weighted by Gasteiger charge is -2.04. The molecule has 3 heteroatoms. The standard InChI is InChI=1S/C14H15N3/c1-11-4-3-5-14(10-11)17-16-12(2)13-6-8-15-9-7-13/h3-10,17H,1-2H3/b16-12-. The van der Waals surface area contributed by atoms with Gasteiger partial charge in [0, 0.05) is 18.0 Å². The summed E-state index contributed by atoms with van der Waals surface area (Å²) in [5.74, 6) is 0. The summed E-state index contributed by atoms with van der Waals surface area (Å²) in [7, 11) is 0. The van der Waals surface area contributed by atoms with Gasteiger partial charge in [-0.1, -0.05) is 12.1 Å². The molecule has 0 saturated carbocycles. The van der Waals surface area contributed by atoms with E-state index in [-0.39, 0.29) is 0 Å². The molecule has 2 rings (SSSR count). The molecule has 0 aliphatic heterocycles. The average molecular weight is 225 g/mol. The van der Waals surface area contributed by atoms with Crippen LogP contribution >= 0.6 is 0 Å². The molecule has 1 aromatic carbocycles. The maximum absolute atomic E-state index is 4.34. The maximum atomic E-state index is 4.34. The molecule has 0 bridgehead atoms. The van der Waals surface area contributed by atoms with Gasteiger partial charge in [0.05, 0.1) is 11.4 Å². The number of aromatic nitrogens is 1. The molecule has 17 heavy (non-hydrogen) atoms. The van der Waals surface area contributed by atoms with Gasteiger partial charge < -0.3 is 0 Å². The van der Waals surface area contributed by atoms with Gasteiger partial charge in [-0.25, -0.2) is 0 Å². The van der Waals surface area contributed by atoms with Gasteiger partial charge >= 0.3 is 0 Å². The number of pyridine rings is 1. The van der Waals surface area contributed by atoms with Crippen LogP contribution in [0.1, 0.15) is 18.1 Å². The van der Waals surface area contributed by atoms with Crippen LogP contribution in [0, 0.1) is 6.92 Å². The zero-order chi connectivity index (χ0) is 12.1. The molecule has 86 valence electrons. The van der Waals surface area contributed by atoms with Crippen LogP contribution in [0.5, 0.6) is 0 Å². The summed E-state index contributed by atoms with van der Waals surface area (Å²) in [5, 5.41) is 4.34. The molecule has 0 radical (unpaired) electrons. The molecule has 3 nitrogen and oxygen atoms in total. The predicted octanol–water partition coefficient (Wildman–Crippen LogP) is 3.23. The molecule has 0 saturated heterocycles. The van der Waals surface area contributed by atoms with Crippen molar-refractivity contribution < 1.29 is 0 Å². The van der Waals surface area contributed by atoms with Crippen LogP contribution in [0.25, 0.3) is 0 Å². The number of hydrogen-bond donors (Lipinski definition) is 1.